The summed E-state index contributed by atoms with van der Waals surface area (Å²) in [6, 6.07) is 1.01. The molecule has 1 aromatic heterocycles. The minimum Gasteiger partial charge on any atom is -0.353 e. The summed E-state index contributed by atoms with van der Waals surface area (Å²) in [6.07, 6.45) is 5.76. The molecule has 0 aromatic carbocycles. The SMILES string of the molecule is CCCC(CC)n1cc(C)nc1NC(C)C. The highest BCUT2D eigenvalue weighted by molar-refractivity contribution is 5.30. The van der Waals surface area contributed by atoms with Crippen molar-refractivity contribution in [3.63, 3.8) is 0 Å². The van der Waals surface area contributed by atoms with Gasteiger partial charge in [0.1, 0.15) is 0 Å². The third-order valence-corrected chi connectivity index (χ3v) is 2.76. The molecule has 0 aliphatic rings. The van der Waals surface area contributed by atoms with Gasteiger partial charge in [-0.25, -0.2) is 4.98 Å². The van der Waals surface area contributed by atoms with E-state index in [1.165, 1.54) is 12.8 Å². The predicted molar refractivity (Wildman–Crippen MR) is 70.0 cm³/mol. The third-order valence-electron chi connectivity index (χ3n) is 2.76. The van der Waals surface area contributed by atoms with Gasteiger partial charge in [0.25, 0.3) is 0 Å². The number of rotatable bonds is 6. The molecular weight excluding hydrogens is 198 g/mol. The molecule has 92 valence electrons. The fraction of sp³-hybridized carbons (Fsp3) is 0.769. The highest BCUT2D eigenvalue weighted by Crippen LogP contribution is 2.23. The molecule has 0 aliphatic heterocycles. The Morgan fingerprint density at radius 3 is 2.56 bits per heavy atom. The van der Waals surface area contributed by atoms with E-state index in [2.05, 4.69) is 55.7 Å². The Hall–Kier alpha value is -0.990. The van der Waals surface area contributed by atoms with Crippen LogP contribution in [0.25, 0.3) is 0 Å². The van der Waals surface area contributed by atoms with Crippen molar-refractivity contribution in [2.45, 2.75) is 66.0 Å². The second-order valence-electron chi connectivity index (χ2n) is 4.76. The van der Waals surface area contributed by atoms with E-state index in [4.69, 9.17) is 0 Å². The van der Waals surface area contributed by atoms with Gasteiger partial charge < -0.3 is 9.88 Å². The van der Waals surface area contributed by atoms with Gasteiger partial charge in [0.15, 0.2) is 0 Å². The first-order valence-electron chi connectivity index (χ1n) is 6.40. The fourth-order valence-electron chi connectivity index (χ4n) is 2.03. The molecule has 0 amide bonds. The lowest BCUT2D eigenvalue weighted by atomic mass is 10.1. The summed E-state index contributed by atoms with van der Waals surface area (Å²) in [5.74, 6) is 1.02. The molecule has 0 saturated heterocycles. The number of nitrogens with one attached hydrogen (secondary N) is 1. The molecule has 0 radical (unpaired) electrons. The van der Waals surface area contributed by atoms with Crippen LogP contribution in [0.1, 0.15) is 58.7 Å². The smallest absolute Gasteiger partial charge is 0.203 e. The maximum Gasteiger partial charge on any atom is 0.203 e. The van der Waals surface area contributed by atoms with Crippen LogP contribution < -0.4 is 5.32 Å². The monoisotopic (exact) mass is 223 g/mol. The van der Waals surface area contributed by atoms with Crippen LogP contribution in [0.15, 0.2) is 6.20 Å². The summed E-state index contributed by atoms with van der Waals surface area (Å²) in [6.45, 7) is 10.8. The molecule has 1 atom stereocenters. The number of imidazole rings is 1. The third kappa shape index (κ3) is 3.26. The summed E-state index contributed by atoms with van der Waals surface area (Å²) in [7, 11) is 0. The van der Waals surface area contributed by atoms with Crippen LogP contribution in [0.2, 0.25) is 0 Å². The van der Waals surface area contributed by atoms with Crippen LogP contribution in [0.3, 0.4) is 0 Å². The molecule has 3 heteroatoms. The molecule has 16 heavy (non-hydrogen) atoms. The van der Waals surface area contributed by atoms with Crippen LogP contribution in [0.4, 0.5) is 5.95 Å². The Balaban J connectivity index is 2.91. The molecule has 1 aromatic rings. The Morgan fingerprint density at radius 2 is 2.06 bits per heavy atom. The largest absolute Gasteiger partial charge is 0.353 e. The molecule has 1 unspecified atom stereocenters. The van der Waals surface area contributed by atoms with Gasteiger partial charge >= 0.3 is 0 Å². The number of hydrogen-bond acceptors (Lipinski definition) is 2. The molecule has 0 spiro atoms. The zero-order valence-electron chi connectivity index (χ0n) is 11.2. The van der Waals surface area contributed by atoms with Crippen molar-refractivity contribution in [1.29, 1.82) is 0 Å². The molecule has 0 fully saturated rings. The van der Waals surface area contributed by atoms with Crippen molar-refractivity contribution >= 4 is 5.95 Å². The first-order chi connectivity index (χ1) is 7.58. The summed E-state index contributed by atoms with van der Waals surface area (Å²) >= 11 is 0. The number of aryl methyl sites for hydroxylation is 1. The lowest BCUT2D eigenvalue weighted by Gasteiger charge is -2.20. The van der Waals surface area contributed by atoms with Crippen LogP contribution in [-0.2, 0) is 0 Å². The topological polar surface area (TPSA) is 29.9 Å². The maximum absolute atomic E-state index is 4.55. The minimum absolute atomic E-state index is 0.430. The molecule has 0 saturated carbocycles. The molecule has 0 bridgehead atoms. The van der Waals surface area contributed by atoms with Gasteiger partial charge in [0.05, 0.1) is 5.69 Å². The number of hydrogen-bond donors (Lipinski definition) is 1. The molecule has 1 N–H and O–H groups in total. The standard InChI is InChI=1S/C13H25N3/c1-6-8-12(7-2)16-9-11(5)15-13(16)14-10(3)4/h9-10,12H,6-8H2,1-5H3,(H,14,15). The van der Waals surface area contributed by atoms with E-state index in [9.17, 15) is 0 Å². The second-order valence-corrected chi connectivity index (χ2v) is 4.76. The quantitative estimate of drug-likeness (QED) is 0.795. The Kier molecular flexibility index (Phi) is 4.84. The van der Waals surface area contributed by atoms with Gasteiger partial charge in [-0.05, 0) is 33.6 Å². The Labute approximate surface area is 99.3 Å². The first-order valence-corrected chi connectivity index (χ1v) is 6.40. The van der Waals surface area contributed by atoms with E-state index in [1.807, 2.05) is 0 Å². The van der Waals surface area contributed by atoms with E-state index in [-0.39, 0.29) is 0 Å². The van der Waals surface area contributed by atoms with E-state index in [0.717, 1.165) is 18.1 Å². The van der Waals surface area contributed by atoms with Crippen molar-refractivity contribution in [3.05, 3.63) is 11.9 Å². The minimum atomic E-state index is 0.430. The number of aromatic nitrogens is 2. The fourth-order valence-corrected chi connectivity index (χ4v) is 2.03. The van der Waals surface area contributed by atoms with Crippen LogP contribution in [0, 0.1) is 6.92 Å². The van der Waals surface area contributed by atoms with E-state index >= 15 is 0 Å². The molecule has 1 rings (SSSR count). The summed E-state index contributed by atoms with van der Waals surface area (Å²) in [5, 5.41) is 3.42. The van der Waals surface area contributed by atoms with Gasteiger partial charge in [-0.15, -0.1) is 0 Å². The number of anilines is 1. The Morgan fingerprint density at radius 1 is 1.38 bits per heavy atom. The average molecular weight is 223 g/mol. The Bertz CT molecular complexity index is 315. The van der Waals surface area contributed by atoms with Crippen molar-refractivity contribution in [2.75, 3.05) is 5.32 Å². The highest BCUT2D eigenvalue weighted by Gasteiger charge is 2.14. The summed E-state index contributed by atoms with van der Waals surface area (Å²) in [5.41, 5.74) is 1.10. The van der Waals surface area contributed by atoms with Crippen molar-refractivity contribution in [3.8, 4) is 0 Å². The average Bonchev–Trinajstić information content (AvgIpc) is 2.55. The van der Waals surface area contributed by atoms with Gasteiger partial charge in [-0.2, -0.15) is 0 Å². The predicted octanol–water partition coefficient (Wildman–Crippen LogP) is 3.76. The maximum atomic E-state index is 4.55. The van der Waals surface area contributed by atoms with E-state index in [0.29, 0.717) is 12.1 Å². The zero-order valence-corrected chi connectivity index (χ0v) is 11.2. The molecule has 3 nitrogen and oxygen atoms in total. The summed E-state index contributed by atoms with van der Waals surface area (Å²) < 4.78 is 2.30. The summed E-state index contributed by atoms with van der Waals surface area (Å²) in [4.78, 5) is 4.55. The van der Waals surface area contributed by atoms with E-state index < -0.39 is 0 Å². The van der Waals surface area contributed by atoms with Crippen molar-refractivity contribution in [2.24, 2.45) is 0 Å². The zero-order chi connectivity index (χ0) is 12.1. The van der Waals surface area contributed by atoms with Crippen LogP contribution in [0.5, 0.6) is 0 Å². The van der Waals surface area contributed by atoms with Gasteiger partial charge in [0.2, 0.25) is 5.95 Å². The highest BCUT2D eigenvalue weighted by atomic mass is 15.2. The second kappa shape index (κ2) is 5.92. The first kappa shape index (κ1) is 13.1. The van der Waals surface area contributed by atoms with Gasteiger partial charge in [0, 0.05) is 18.3 Å². The van der Waals surface area contributed by atoms with Gasteiger partial charge in [-0.3, -0.25) is 0 Å². The molecule has 1 heterocycles. The normalized spacial score (nSPS) is 13.1. The lowest BCUT2D eigenvalue weighted by Crippen LogP contribution is -2.17. The lowest BCUT2D eigenvalue weighted by molar-refractivity contribution is 0.450. The van der Waals surface area contributed by atoms with Crippen molar-refractivity contribution in [1.82, 2.24) is 9.55 Å². The number of nitrogens with zero attached hydrogens (tertiary/aromatic N) is 2. The van der Waals surface area contributed by atoms with Gasteiger partial charge in [-0.1, -0.05) is 20.3 Å². The van der Waals surface area contributed by atoms with Crippen molar-refractivity contribution < 1.29 is 0 Å². The molecular formula is C13H25N3. The van der Waals surface area contributed by atoms with E-state index in [1.54, 1.807) is 0 Å². The van der Waals surface area contributed by atoms with Crippen LogP contribution in [-0.4, -0.2) is 15.6 Å². The van der Waals surface area contributed by atoms with Crippen LogP contribution >= 0.6 is 0 Å². The molecule has 0 aliphatic carbocycles.